The number of benzene rings is 2. The Balaban J connectivity index is 1.89. The smallest absolute Gasteiger partial charge is 0.310 e. The largest absolute Gasteiger partial charge is 0.490 e. The zero-order valence-electron chi connectivity index (χ0n) is 15.6. The van der Waals surface area contributed by atoms with Crippen LogP contribution in [-0.2, 0) is 20.7 Å². The molecule has 0 spiro atoms. The second-order valence-corrected chi connectivity index (χ2v) is 6.09. The maximum absolute atomic E-state index is 13.7. The first-order valence-corrected chi connectivity index (χ1v) is 9.09. The molecule has 2 rings (SSSR count). The van der Waals surface area contributed by atoms with Crippen molar-refractivity contribution in [3.63, 3.8) is 0 Å². The van der Waals surface area contributed by atoms with E-state index in [1.807, 2.05) is 13.8 Å². The average Bonchev–Trinajstić information content (AvgIpc) is 2.65. The lowest BCUT2D eigenvalue weighted by molar-refractivity contribution is -0.146. The number of esters is 1. The molecule has 0 unspecified atom stereocenters. The van der Waals surface area contributed by atoms with Crippen LogP contribution in [0.15, 0.2) is 36.4 Å². The van der Waals surface area contributed by atoms with Gasteiger partial charge in [-0.2, -0.15) is 0 Å². The van der Waals surface area contributed by atoms with Gasteiger partial charge in [-0.1, -0.05) is 17.7 Å². The average molecular weight is 410 g/mol. The summed E-state index contributed by atoms with van der Waals surface area (Å²) in [6.07, 6.45) is -0.0466. The van der Waals surface area contributed by atoms with Gasteiger partial charge in [-0.3, -0.25) is 9.59 Å². The van der Waals surface area contributed by atoms with Crippen molar-refractivity contribution in [3.05, 3.63) is 52.8 Å². The van der Waals surface area contributed by atoms with Gasteiger partial charge in [0.15, 0.2) is 18.1 Å². The summed E-state index contributed by atoms with van der Waals surface area (Å²) in [6, 6.07) is 8.97. The van der Waals surface area contributed by atoms with Crippen LogP contribution in [0.1, 0.15) is 19.4 Å². The summed E-state index contributed by atoms with van der Waals surface area (Å²) in [7, 11) is 0. The summed E-state index contributed by atoms with van der Waals surface area (Å²) < 4.78 is 29.6. The fraction of sp³-hybridized carbons (Fsp3) is 0.300. The monoisotopic (exact) mass is 409 g/mol. The summed E-state index contributed by atoms with van der Waals surface area (Å²) in [4.78, 5) is 23.8. The first-order valence-electron chi connectivity index (χ1n) is 8.72. The lowest BCUT2D eigenvalue weighted by Gasteiger charge is -2.12. The summed E-state index contributed by atoms with van der Waals surface area (Å²) >= 11 is 5.65. The van der Waals surface area contributed by atoms with Crippen LogP contribution in [0.3, 0.4) is 0 Å². The molecule has 2 aromatic rings. The predicted molar refractivity (Wildman–Crippen MR) is 103 cm³/mol. The summed E-state index contributed by atoms with van der Waals surface area (Å²) in [5.41, 5.74) is 0.611. The Bertz CT molecular complexity index is 843. The van der Waals surface area contributed by atoms with Crippen molar-refractivity contribution >= 4 is 29.2 Å². The maximum Gasteiger partial charge on any atom is 0.310 e. The molecule has 0 bridgehead atoms. The number of anilines is 1. The van der Waals surface area contributed by atoms with Gasteiger partial charge in [0.05, 0.1) is 25.3 Å². The highest BCUT2D eigenvalue weighted by Crippen LogP contribution is 2.28. The Labute approximate surface area is 167 Å². The van der Waals surface area contributed by atoms with Crippen LogP contribution in [0.25, 0.3) is 0 Å². The number of nitrogens with one attached hydrogen (secondary N) is 1. The Kier molecular flexibility index (Phi) is 8.07. The fourth-order valence-corrected chi connectivity index (χ4v) is 2.51. The van der Waals surface area contributed by atoms with E-state index < -0.39 is 24.3 Å². The molecule has 150 valence electrons. The predicted octanol–water partition coefficient (Wildman–Crippen LogP) is 4.00. The molecule has 0 aliphatic rings. The Morgan fingerprint density at radius 2 is 1.75 bits per heavy atom. The number of rotatable bonds is 9. The third-order valence-electron chi connectivity index (χ3n) is 3.53. The van der Waals surface area contributed by atoms with Crippen LogP contribution < -0.4 is 14.8 Å². The van der Waals surface area contributed by atoms with Crippen molar-refractivity contribution in [3.8, 4) is 11.5 Å². The van der Waals surface area contributed by atoms with Crippen LogP contribution in [0, 0.1) is 5.82 Å². The van der Waals surface area contributed by atoms with Crippen LogP contribution in [0.4, 0.5) is 10.1 Å². The topological polar surface area (TPSA) is 73.9 Å². The van der Waals surface area contributed by atoms with Crippen LogP contribution in [0.5, 0.6) is 11.5 Å². The molecular formula is C20H21ClFNO5. The highest BCUT2D eigenvalue weighted by molar-refractivity contribution is 6.30. The van der Waals surface area contributed by atoms with Crippen LogP contribution in [-0.4, -0.2) is 31.7 Å². The van der Waals surface area contributed by atoms with E-state index in [2.05, 4.69) is 5.32 Å². The van der Waals surface area contributed by atoms with E-state index in [-0.39, 0.29) is 17.1 Å². The van der Waals surface area contributed by atoms with Crippen molar-refractivity contribution < 1.29 is 28.2 Å². The maximum atomic E-state index is 13.7. The van der Waals surface area contributed by atoms with Crippen molar-refractivity contribution in [2.75, 3.05) is 25.1 Å². The zero-order valence-corrected chi connectivity index (χ0v) is 16.3. The minimum atomic E-state index is -0.676. The lowest BCUT2D eigenvalue weighted by Crippen LogP contribution is -2.22. The van der Waals surface area contributed by atoms with E-state index in [4.69, 9.17) is 25.8 Å². The standard InChI is InChI=1S/C20H21ClFNO5/c1-3-26-17-8-5-13(9-18(17)27-4-2)10-20(25)28-12-19(24)23-16-7-6-14(21)11-15(16)22/h5-9,11H,3-4,10,12H2,1-2H3,(H,23,24). The normalized spacial score (nSPS) is 10.3. The van der Waals surface area contributed by atoms with Crippen molar-refractivity contribution in [2.45, 2.75) is 20.3 Å². The third-order valence-corrected chi connectivity index (χ3v) is 3.76. The molecule has 6 nitrogen and oxygen atoms in total. The Hall–Kier alpha value is -2.80. The van der Waals surface area contributed by atoms with Gasteiger partial charge < -0.3 is 19.5 Å². The Morgan fingerprint density at radius 3 is 2.43 bits per heavy atom. The second-order valence-electron chi connectivity index (χ2n) is 5.66. The Morgan fingerprint density at radius 1 is 1.04 bits per heavy atom. The first kappa shape index (κ1) is 21.5. The van der Waals surface area contributed by atoms with Gasteiger partial charge in [0.2, 0.25) is 0 Å². The van der Waals surface area contributed by atoms with Crippen molar-refractivity contribution in [1.29, 1.82) is 0 Å². The molecule has 0 radical (unpaired) electrons. The van der Waals surface area contributed by atoms with Gasteiger partial charge in [0.1, 0.15) is 5.82 Å². The van der Waals surface area contributed by atoms with E-state index in [0.29, 0.717) is 30.3 Å². The number of carbonyl (C=O) groups excluding carboxylic acids is 2. The van der Waals surface area contributed by atoms with E-state index >= 15 is 0 Å². The molecule has 1 amide bonds. The molecule has 0 atom stereocenters. The van der Waals surface area contributed by atoms with E-state index in [1.165, 1.54) is 12.1 Å². The van der Waals surface area contributed by atoms with Crippen LogP contribution >= 0.6 is 11.6 Å². The molecule has 0 fully saturated rings. The van der Waals surface area contributed by atoms with Gasteiger partial charge in [0, 0.05) is 5.02 Å². The number of amides is 1. The first-order chi connectivity index (χ1) is 13.4. The molecular weight excluding hydrogens is 389 g/mol. The highest BCUT2D eigenvalue weighted by Gasteiger charge is 2.13. The highest BCUT2D eigenvalue weighted by atomic mass is 35.5. The van der Waals surface area contributed by atoms with E-state index in [1.54, 1.807) is 18.2 Å². The summed E-state index contributed by atoms with van der Waals surface area (Å²) in [5.74, 6) is -0.809. The summed E-state index contributed by atoms with van der Waals surface area (Å²) in [6.45, 7) is 4.12. The molecule has 0 aliphatic carbocycles. The van der Waals surface area contributed by atoms with Gasteiger partial charge in [-0.25, -0.2) is 4.39 Å². The number of hydrogen-bond acceptors (Lipinski definition) is 5. The number of carbonyl (C=O) groups is 2. The molecule has 0 heterocycles. The number of halogens is 2. The minimum absolute atomic E-state index is 0.0432. The van der Waals surface area contributed by atoms with Crippen molar-refractivity contribution in [1.82, 2.24) is 0 Å². The van der Waals surface area contributed by atoms with E-state index in [9.17, 15) is 14.0 Å². The molecule has 0 aliphatic heterocycles. The molecule has 0 saturated heterocycles. The molecule has 28 heavy (non-hydrogen) atoms. The van der Waals surface area contributed by atoms with Gasteiger partial charge >= 0.3 is 5.97 Å². The van der Waals surface area contributed by atoms with Crippen LogP contribution in [0.2, 0.25) is 5.02 Å². The molecule has 0 aromatic heterocycles. The quantitative estimate of drug-likeness (QED) is 0.633. The third kappa shape index (κ3) is 6.42. The van der Waals surface area contributed by atoms with Gasteiger partial charge in [-0.05, 0) is 49.7 Å². The van der Waals surface area contributed by atoms with Gasteiger partial charge in [-0.15, -0.1) is 0 Å². The van der Waals surface area contributed by atoms with Gasteiger partial charge in [0.25, 0.3) is 5.91 Å². The lowest BCUT2D eigenvalue weighted by atomic mass is 10.1. The molecule has 8 heteroatoms. The number of hydrogen-bond donors (Lipinski definition) is 1. The fourth-order valence-electron chi connectivity index (χ4n) is 2.35. The van der Waals surface area contributed by atoms with E-state index in [0.717, 1.165) is 6.07 Å². The molecule has 0 saturated carbocycles. The van der Waals surface area contributed by atoms with Crippen molar-refractivity contribution in [2.24, 2.45) is 0 Å². The second kappa shape index (κ2) is 10.5. The molecule has 2 aromatic carbocycles. The summed E-state index contributed by atoms with van der Waals surface area (Å²) in [5, 5.41) is 2.53. The zero-order chi connectivity index (χ0) is 20.5. The minimum Gasteiger partial charge on any atom is -0.490 e. The molecule has 1 N–H and O–H groups in total. The SMILES string of the molecule is CCOc1ccc(CC(=O)OCC(=O)Nc2ccc(Cl)cc2F)cc1OCC. The number of ether oxygens (including phenoxy) is 3.